The number of hydrogen-bond acceptors (Lipinski definition) is 6. The minimum atomic E-state index is -1.44. The minimum absolute atomic E-state index is 0.232. The van der Waals surface area contributed by atoms with Crippen LogP contribution in [-0.2, 0) is 4.74 Å². The van der Waals surface area contributed by atoms with Crippen molar-refractivity contribution in [2.45, 2.75) is 31.5 Å². The van der Waals surface area contributed by atoms with Gasteiger partial charge in [-0.2, -0.15) is 0 Å². The van der Waals surface area contributed by atoms with Crippen molar-refractivity contribution in [1.29, 1.82) is 0 Å². The molecule has 7 nitrogen and oxygen atoms in total. The average Bonchev–Trinajstić information content (AvgIpc) is 2.88. The number of alkyl halides is 1. The molecule has 0 saturated carbocycles. The van der Waals surface area contributed by atoms with Gasteiger partial charge in [-0.15, -0.1) is 0 Å². The van der Waals surface area contributed by atoms with Crippen LogP contribution in [0.4, 0.5) is 10.2 Å². The summed E-state index contributed by atoms with van der Waals surface area (Å²) in [5.74, 6) is 0.232. The fraction of sp³-hybridized carbons (Fsp3) is 0.500. The second-order valence-corrected chi connectivity index (χ2v) is 4.25. The topological polar surface area (TPSA) is 99.1 Å². The molecule has 4 atom stereocenters. The maximum atomic E-state index is 13.6. The van der Waals surface area contributed by atoms with Gasteiger partial charge in [-0.05, 0) is 6.92 Å². The van der Waals surface area contributed by atoms with Gasteiger partial charge in [0.25, 0.3) is 0 Å². The molecule has 2 aromatic heterocycles. The summed E-state index contributed by atoms with van der Waals surface area (Å²) in [7, 11) is 0. The molecule has 0 aromatic carbocycles. The van der Waals surface area contributed by atoms with E-state index in [0.717, 1.165) is 0 Å². The molecule has 96 valence electrons. The van der Waals surface area contributed by atoms with Crippen molar-refractivity contribution in [2.24, 2.45) is 0 Å². The number of hydrogen-bond donors (Lipinski definition) is 2. The Kier molecular flexibility index (Phi) is 2.42. The van der Waals surface area contributed by atoms with Gasteiger partial charge in [0, 0.05) is 0 Å². The highest BCUT2D eigenvalue weighted by Gasteiger charge is 2.43. The van der Waals surface area contributed by atoms with Crippen molar-refractivity contribution in [3.05, 3.63) is 12.7 Å². The Hall–Kier alpha value is -1.80. The molecule has 0 unspecified atom stereocenters. The van der Waals surface area contributed by atoms with E-state index in [0.29, 0.717) is 11.2 Å². The van der Waals surface area contributed by atoms with Crippen LogP contribution in [0.1, 0.15) is 13.2 Å². The SMILES string of the molecule is C[C@H]1O[C@@H](n2cnc3c(N)ncnc32)[C@@H](O)[C@H]1F. The van der Waals surface area contributed by atoms with Gasteiger partial charge in [0.1, 0.15) is 17.9 Å². The Labute approximate surface area is 101 Å². The number of anilines is 1. The van der Waals surface area contributed by atoms with Gasteiger partial charge in [-0.25, -0.2) is 19.3 Å². The smallest absolute Gasteiger partial charge is 0.167 e. The van der Waals surface area contributed by atoms with Crippen LogP contribution in [0.3, 0.4) is 0 Å². The monoisotopic (exact) mass is 253 g/mol. The van der Waals surface area contributed by atoms with Crippen LogP contribution in [0.2, 0.25) is 0 Å². The number of aliphatic hydroxyl groups excluding tert-OH is 1. The molecule has 2 aromatic rings. The van der Waals surface area contributed by atoms with E-state index >= 15 is 0 Å². The molecule has 0 amide bonds. The first-order valence-corrected chi connectivity index (χ1v) is 5.50. The summed E-state index contributed by atoms with van der Waals surface area (Å²) in [6.45, 7) is 1.57. The van der Waals surface area contributed by atoms with Gasteiger partial charge in [0.15, 0.2) is 23.9 Å². The van der Waals surface area contributed by atoms with Crippen LogP contribution in [0, 0.1) is 0 Å². The molecule has 1 aliphatic heterocycles. The number of halogens is 1. The number of nitrogens with zero attached hydrogens (tertiary/aromatic N) is 4. The van der Waals surface area contributed by atoms with Crippen molar-refractivity contribution >= 4 is 17.0 Å². The Morgan fingerprint density at radius 1 is 1.44 bits per heavy atom. The van der Waals surface area contributed by atoms with Gasteiger partial charge < -0.3 is 15.6 Å². The largest absolute Gasteiger partial charge is 0.385 e. The Bertz CT molecular complexity index is 589. The van der Waals surface area contributed by atoms with Gasteiger partial charge in [-0.3, -0.25) is 4.57 Å². The Balaban J connectivity index is 2.08. The van der Waals surface area contributed by atoms with Crippen molar-refractivity contribution in [3.8, 4) is 0 Å². The number of nitrogens with two attached hydrogens (primary N) is 1. The lowest BCUT2D eigenvalue weighted by Crippen LogP contribution is -2.26. The number of fused-ring (bicyclic) bond motifs is 1. The predicted octanol–water partition coefficient (Wildman–Crippen LogP) is 0.0248. The number of aliphatic hydroxyl groups is 1. The van der Waals surface area contributed by atoms with Gasteiger partial charge in [0.05, 0.1) is 12.4 Å². The second kappa shape index (κ2) is 3.85. The lowest BCUT2D eigenvalue weighted by Gasteiger charge is -2.15. The van der Waals surface area contributed by atoms with Crippen LogP contribution in [-0.4, -0.2) is 43.0 Å². The number of rotatable bonds is 1. The van der Waals surface area contributed by atoms with E-state index in [4.69, 9.17) is 10.5 Å². The highest BCUT2D eigenvalue weighted by atomic mass is 19.1. The van der Waals surface area contributed by atoms with Crippen molar-refractivity contribution in [2.75, 3.05) is 5.73 Å². The van der Waals surface area contributed by atoms with E-state index in [1.807, 2.05) is 0 Å². The molecule has 0 aliphatic carbocycles. The summed E-state index contributed by atoms with van der Waals surface area (Å²) in [6.07, 6.45) is -1.53. The minimum Gasteiger partial charge on any atom is -0.385 e. The fourth-order valence-corrected chi connectivity index (χ4v) is 2.10. The van der Waals surface area contributed by atoms with E-state index < -0.39 is 24.6 Å². The highest BCUT2D eigenvalue weighted by Crippen LogP contribution is 2.33. The van der Waals surface area contributed by atoms with Crippen LogP contribution >= 0.6 is 0 Å². The van der Waals surface area contributed by atoms with E-state index in [9.17, 15) is 9.50 Å². The molecule has 18 heavy (non-hydrogen) atoms. The molecule has 0 bridgehead atoms. The van der Waals surface area contributed by atoms with Gasteiger partial charge >= 0.3 is 0 Å². The van der Waals surface area contributed by atoms with Crippen LogP contribution in [0.5, 0.6) is 0 Å². The quantitative estimate of drug-likeness (QED) is 0.743. The maximum Gasteiger partial charge on any atom is 0.167 e. The lowest BCUT2D eigenvalue weighted by molar-refractivity contribution is -0.0298. The zero-order valence-corrected chi connectivity index (χ0v) is 9.56. The second-order valence-electron chi connectivity index (χ2n) is 4.25. The molecule has 1 saturated heterocycles. The van der Waals surface area contributed by atoms with E-state index in [-0.39, 0.29) is 5.82 Å². The van der Waals surface area contributed by atoms with Gasteiger partial charge in [-0.1, -0.05) is 0 Å². The third kappa shape index (κ3) is 1.46. The van der Waals surface area contributed by atoms with E-state index in [1.165, 1.54) is 17.2 Å². The third-order valence-electron chi connectivity index (χ3n) is 3.08. The zero-order chi connectivity index (χ0) is 12.9. The molecular formula is C10H12FN5O2. The highest BCUT2D eigenvalue weighted by molar-refractivity contribution is 5.81. The summed E-state index contributed by atoms with van der Waals surface area (Å²) in [5.41, 5.74) is 6.47. The fourth-order valence-electron chi connectivity index (χ4n) is 2.10. The Morgan fingerprint density at radius 2 is 2.22 bits per heavy atom. The first kappa shape index (κ1) is 11.3. The first-order chi connectivity index (χ1) is 8.59. The van der Waals surface area contributed by atoms with Gasteiger partial charge in [0.2, 0.25) is 0 Å². The molecule has 8 heteroatoms. The predicted molar refractivity (Wildman–Crippen MR) is 60.2 cm³/mol. The number of ether oxygens (including phenoxy) is 1. The molecule has 1 fully saturated rings. The summed E-state index contributed by atoms with van der Waals surface area (Å²) in [6, 6.07) is 0. The van der Waals surface area contributed by atoms with Crippen molar-refractivity contribution in [3.63, 3.8) is 0 Å². The zero-order valence-electron chi connectivity index (χ0n) is 9.56. The van der Waals surface area contributed by atoms with Crippen LogP contribution in [0.25, 0.3) is 11.2 Å². The van der Waals surface area contributed by atoms with Crippen molar-refractivity contribution < 1.29 is 14.2 Å². The normalized spacial score (nSPS) is 32.2. The summed E-state index contributed by atoms with van der Waals surface area (Å²) >= 11 is 0. The Morgan fingerprint density at radius 3 is 2.89 bits per heavy atom. The number of nitrogen functional groups attached to an aromatic ring is 1. The third-order valence-corrected chi connectivity index (χ3v) is 3.08. The average molecular weight is 253 g/mol. The molecule has 0 spiro atoms. The number of imidazole rings is 1. The first-order valence-electron chi connectivity index (χ1n) is 5.50. The summed E-state index contributed by atoms with van der Waals surface area (Å²) in [5, 5.41) is 9.81. The number of aromatic nitrogens is 4. The molecular weight excluding hydrogens is 241 g/mol. The van der Waals surface area contributed by atoms with Crippen LogP contribution < -0.4 is 5.73 Å². The molecule has 1 aliphatic rings. The lowest BCUT2D eigenvalue weighted by atomic mass is 10.2. The van der Waals surface area contributed by atoms with Crippen molar-refractivity contribution in [1.82, 2.24) is 19.5 Å². The molecule has 3 N–H and O–H groups in total. The van der Waals surface area contributed by atoms with E-state index in [2.05, 4.69) is 15.0 Å². The van der Waals surface area contributed by atoms with Crippen LogP contribution in [0.15, 0.2) is 12.7 Å². The standard InChI is InChI=1S/C10H12FN5O2/c1-4-5(11)7(17)10(18-4)16-3-15-6-8(12)13-2-14-9(6)16/h2-5,7,10,17H,1H3,(H2,12,13,14)/t4-,5+,7+,10-/m1/s1. The molecule has 0 radical (unpaired) electrons. The molecule has 3 heterocycles. The molecule has 3 rings (SSSR count). The van der Waals surface area contributed by atoms with E-state index in [1.54, 1.807) is 6.92 Å². The summed E-state index contributed by atoms with van der Waals surface area (Å²) < 4.78 is 20.4. The maximum absolute atomic E-state index is 13.6. The summed E-state index contributed by atoms with van der Waals surface area (Å²) in [4.78, 5) is 11.9.